The monoisotopic (exact) mass is 344 g/mol. The zero-order valence-electron chi connectivity index (χ0n) is 12.7. The highest BCUT2D eigenvalue weighted by molar-refractivity contribution is 6.36. The van der Waals surface area contributed by atoms with Gasteiger partial charge >= 0.3 is 0 Å². The third-order valence-corrected chi connectivity index (χ3v) is 3.68. The first-order valence-corrected chi connectivity index (χ1v) is 7.43. The van der Waals surface area contributed by atoms with Crippen molar-refractivity contribution in [1.29, 1.82) is 0 Å². The van der Waals surface area contributed by atoms with E-state index < -0.39 is 0 Å². The lowest BCUT2D eigenvalue weighted by Gasteiger charge is -2.20. The molecule has 0 aliphatic heterocycles. The highest BCUT2D eigenvalue weighted by Crippen LogP contribution is 2.29. The molecule has 5 nitrogen and oxygen atoms in total. The van der Waals surface area contributed by atoms with Gasteiger partial charge in [-0.25, -0.2) is 4.98 Å². The molecule has 0 bridgehead atoms. The fourth-order valence-corrected chi connectivity index (χ4v) is 2.50. The second-order valence-electron chi connectivity index (χ2n) is 4.87. The molecule has 0 unspecified atom stereocenters. The van der Waals surface area contributed by atoms with Gasteiger partial charge in [-0.1, -0.05) is 23.2 Å². The van der Waals surface area contributed by atoms with Crippen LogP contribution in [0.2, 0.25) is 10.0 Å². The molecule has 0 saturated carbocycles. The zero-order valence-corrected chi connectivity index (χ0v) is 14.2. The predicted molar refractivity (Wildman–Crippen MR) is 86.1 cm³/mol. The molecule has 1 aromatic carbocycles. The Morgan fingerprint density at radius 2 is 2.00 bits per heavy atom. The Morgan fingerprint density at radius 3 is 2.64 bits per heavy atom. The first kappa shape index (κ1) is 17.2. The Bertz CT molecular complexity index is 615. The summed E-state index contributed by atoms with van der Waals surface area (Å²) >= 11 is 12.0. The molecule has 0 aliphatic rings. The van der Waals surface area contributed by atoms with Gasteiger partial charge < -0.3 is 13.9 Å². The predicted octanol–water partition coefficient (Wildman–Crippen LogP) is 3.70. The molecule has 2 aromatic rings. The van der Waals surface area contributed by atoms with Crippen molar-refractivity contribution in [2.45, 2.75) is 12.8 Å². The van der Waals surface area contributed by atoms with Crippen LogP contribution in [-0.2, 0) is 16.0 Å². The van der Waals surface area contributed by atoms with Crippen molar-refractivity contribution in [2.24, 2.45) is 0 Å². The molecule has 0 aliphatic carbocycles. The van der Waals surface area contributed by atoms with Gasteiger partial charge in [0, 0.05) is 32.3 Å². The molecule has 7 heteroatoms. The van der Waals surface area contributed by atoms with Gasteiger partial charge in [-0.05, 0) is 25.2 Å². The topological polar surface area (TPSA) is 47.7 Å². The van der Waals surface area contributed by atoms with Gasteiger partial charge in [-0.3, -0.25) is 4.90 Å². The fourth-order valence-electron chi connectivity index (χ4n) is 2.01. The highest BCUT2D eigenvalue weighted by atomic mass is 35.5. The van der Waals surface area contributed by atoms with E-state index in [9.17, 15) is 0 Å². The van der Waals surface area contributed by atoms with Gasteiger partial charge in [0.15, 0.2) is 6.29 Å². The molecule has 0 atom stereocenters. The number of rotatable bonds is 7. The van der Waals surface area contributed by atoms with Crippen molar-refractivity contribution in [1.82, 2.24) is 9.88 Å². The van der Waals surface area contributed by atoms with Crippen molar-refractivity contribution >= 4 is 23.2 Å². The Morgan fingerprint density at radius 1 is 1.27 bits per heavy atom. The minimum Gasteiger partial charge on any atom is -0.444 e. The van der Waals surface area contributed by atoms with Crippen molar-refractivity contribution < 1.29 is 13.9 Å². The summed E-state index contributed by atoms with van der Waals surface area (Å²) in [6.45, 7) is 1.23. The maximum atomic E-state index is 6.16. The summed E-state index contributed by atoms with van der Waals surface area (Å²) in [5.74, 6) is 0.472. The average molecular weight is 345 g/mol. The van der Waals surface area contributed by atoms with Crippen LogP contribution < -0.4 is 0 Å². The smallest absolute Gasteiger partial charge is 0.227 e. The molecule has 1 aromatic heterocycles. The Hall–Kier alpha value is -1.11. The normalized spacial score (nSPS) is 11.6. The van der Waals surface area contributed by atoms with Crippen LogP contribution in [0.15, 0.2) is 28.9 Å². The van der Waals surface area contributed by atoms with Crippen molar-refractivity contribution in [2.75, 3.05) is 27.8 Å². The molecule has 0 N–H and O–H groups in total. The van der Waals surface area contributed by atoms with Crippen LogP contribution in [0.3, 0.4) is 0 Å². The number of halogens is 2. The van der Waals surface area contributed by atoms with Gasteiger partial charge in [0.05, 0.1) is 16.3 Å². The quantitative estimate of drug-likeness (QED) is 0.716. The van der Waals surface area contributed by atoms with E-state index >= 15 is 0 Å². The molecule has 0 radical (unpaired) electrons. The van der Waals surface area contributed by atoms with Crippen molar-refractivity contribution in [3.05, 3.63) is 40.2 Å². The number of methoxy groups -OCH3 is 2. The van der Waals surface area contributed by atoms with E-state index in [0.717, 1.165) is 5.69 Å². The summed E-state index contributed by atoms with van der Waals surface area (Å²) in [7, 11) is 5.17. The van der Waals surface area contributed by atoms with Crippen molar-refractivity contribution in [3.8, 4) is 11.5 Å². The summed E-state index contributed by atoms with van der Waals surface area (Å²) in [6.07, 6.45) is 1.34. The largest absolute Gasteiger partial charge is 0.444 e. The SMILES string of the molecule is COC(CN(C)Cc1coc(-c2ccc(Cl)cc2Cl)n1)OC. The fraction of sp³-hybridized carbons (Fsp3) is 0.400. The Balaban J connectivity index is 2.05. The van der Waals surface area contributed by atoms with Crippen LogP contribution >= 0.6 is 23.2 Å². The third-order valence-electron chi connectivity index (χ3n) is 3.13. The van der Waals surface area contributed by atoms with Crippen LogP contribution in [0.1, 0.15) is 5.69 Å². The third kappa shape index (κ3) is 4.44. The van der Waals surface area contributed by atoms with E-state index in [4.69, 9.17) is 37.1 Å². The highest BCUT2D eigenvalue weighted by Gasteiger charge is 2.14. The number of hydrogen-bond donors (Lipinski definition) is 0. The van der Waals surface area contributed by atoms with Gasteiger partial charge in [0.1, 0.15) is 6.26 Å². The van der Waals surface area contributed by atoms with E-state index in [1.54, 1.807) is 38.7 Å². The number of hydrogen-bond acceptors (Lipinski definition) is 5. The first-order valence-electron chi connectivity index (χ1n) is 6.67. The number of ether oxygens (including phenoxy) is 2. The molecule has 0 amide bonds. The summed E-state index contributed by atoms with van der Waals surface area (Å²) < 4.78 is 15.8. The molecule has 1 heterocycles. The Kier molecular flexibility index (Phi) is 6.23. The van der Waals surface area contributed by atoms with Crippen LogP contribution in [0.4, 0.5) is 0 Å². The van der Waals surface area contributed by atoms with Gasteiger partial charge in [-0.2, -0.15) is 0 Å². The minimum atomic E-state index is -0.276. The maximum Gasteiger partial charge on any atom is 0.227 e. The number of nitrogens with zero attached hydrogens (tertiary/aromatic N) is 2. The summed E-state index contributed by atoms with van der Waals surface area (Å²) in [4.78, 5) is 6.48. The molecular formula is C15H18Cl2N2O3. The second-order valence-corrected chi connectivity index (χ2v) is 5.71. The molecule has 120 valence electrons. The number of oxazole rings is 1. The van der Waals surface area contributed by atoms with Crippen LogP contribution in [0.25, 0.3) is 11.5 Å². The van der Waals surface area contributed by atoms with E-state index in [-0.39, 0.29) is 6.29 Å². The molecule has 22 heavy (non-hydrogen) atoms. The number of likely N-dealkylation sites (N-methyl/N-ethyl adjacent to an activating group) is 1. The lowest BCUT2D eigenvalue weighted by molar-refractivity contribution is -0.114. The Labute approximate surface area is 139 Å². The summed E-state index contributed by atoms with van der Waals surface area (Å²) in [6, 6.07) is 5.20. The lowest BCUT2D eigenvalue weighted by atomic mass is 10.2. The van der Waals surface area contributed by atoms with E-state index in [0.29, 0.717) is 34.6 Å². The standard InChI is InChI=1S/C15H18Cl2N2O3/c1-19(8-14(20-2)21-3)7-11-9-22-15(18-11)12-5-4-10(16)6-13(12)17/h4-6,9,14H,7-8H2,1-3H3. The molecular weight excluding hydrogens is 327 g/mol. The van der Waals surface area contributed by atoms with Gasteiger partial charge in [-0.15, -0.1) is 0 Å². The second kappa shape index (κ2) is 7.94. The zero-order chi connectivity index (χ0) is 16.1. The summed E-state index contributed by atoms with van der Waals surface area (Å²) in [5.41, 5.74) is 1.51. The van der Waals surface area contributed by atoms with Crippen LogP contribution in [0.5, 0.6) is 0 Å². The van der Waals surface area contributed by atoms with E-state index in [2.05, 4.69) is 4.98 Å². The summed E-state index contributed by atoms with van der Waals surface area (Å²) in [5, 5.41) is 1.08. The minimum absolute atomic E-state index is 0.276. The van der Waals surface area contributed by atoms with Crippen molar-refractivity contribution in [3.63, 3.8) is 0 Å². The molecule has 0 fully saturated rings. The van der Waals surface area contributed by atoms with E-state index in [1.165, 1.54) is 0 Å². The maximum absolute atomic E-state index is 6.16. The van der Waals surface area contributed by atoms with Crippen LogP contribution in [-0.4, -0.2) is 44.0 Å². The van der Waals surface area contributed by atoms with Gasteiger partial charge in [0.2, 0.25) is 5.89 Å². The average Bonchev–Trinajstić information content (AvgIpc) is 2.92. The van der Waals surface area contributed by atoms with E-state index in [1.807, 2.05) is 11.9 Å². The van der Waals surface area contributed by atoms with Gasteiger partial charge in [0.25, 0.3) is 0 Å². The lowest BCUT2D eigenvalue weighted by Crippen LogP contribution is -2.31. The molecule has 0 saturated heterocycles. The molecule has 2 rings (SSSR count). The number of aromatic nitrogens is 1. The first-order chi connectivity index (χ1) is 10.5. The molecule has 0 spiro atoms. The number of benzene rings is 1. The van der Waals surface area contributed by atoms with Crippen LogP contribution in [0, 0.1) is 0 Å².